The Morgan fingerprint density at radius 1 is 1.26 bits per heavy atom. The summed E-state index contributed by atoms with van der Waals surface area (Å²) in [4.78, 5) is 6.95. The van der Waals surface area contributed by atoms with Crippen LogP contribution in [0.4, 0.5) is 0 Å². The second-order valence-corrected chi connectivity index (χ2v) is 7.21. The van der Waals surface area contributed by atoms with Crippen molar-refractivity contribution in [3.8, 4) is 5.69 Å². The fourth-order valence-corrected chi connectivity index (χ4v) is 3.62. The van der Waals surface area contributed by atoms with E-state index in [1.165, 1.54) is 31.4 Å². The third kappa shape index (κ3) is 5.82. The number of nitrogens with one attached hydrogen (secondary N) is 2. The number of benzene rings is 1. The highest BCUT2D eigenvalue weighted by Gasteiger charge is 2.17. The molecule has 6 nitrogen and oxygen atoms in total. The smallest absolute Gasteiger partial charge is 0.191 e. The summed E-state index contributed by atoms with van der Waals surface area (Å²) < 4.78 is 1.87. The van der Waals surface area contributed by atoms with Crippen LogP contribution in [0.25, 0.3) is 5.69 Å². The lowest BCUT2D eigenvalue weighted by atomic mass is 10.0. The van der Waals surface area contributed by atoms with Gasteiger partial charge in [-0.3, -0.25) is 4.99 Å². The third-order valence-electron chi connectivity index (χ3n) is 5.22. The van der Waals surface area contributed by atoms with Crippen LogP contribution in [0.5, 0.6) is 0 Å². The molecule has 1 aliphatic rings. The summed E-state index contributed by atoms with van der Waals surface area (Å²) in [5.74, 6) is 0.853. The number of piperidine rings is 1. The number of rotatable bonds is 7. The van der Waals surface area contributed by atoms with E-state index in [2.05, 4.69) is 56.8 Å². The number of nitrogens with zero attached hydrogens (tertiary/aromatic N) is 4. The Kier molecular flexibility index (Phi) is 7.27. The monoisotopic (exact) mass is 368 g/mol. The molecule has 1 aromatic heterocycles. The van der Waals surface area contributed by atoms with E-state index in [0.29, 0.717) is 0 Å². The lowest BCUT2D eigenvalue weighted by Gasteiger charge is -2.33. The molecule has 0 aliphatic carbocycles. The van der Waals surface area contributed by atoms with Crippen LogP contribution >= 0.6 is 0 Å². The highest BCUT2D eigenvalue weighted by molar-refractivity contribution is 5.79. The number of guanidine groups is 1. The first-order valence-corrected chi connectivity index (χ1v) is 10.0. The lowest BCUT2D eigenvalue weighted by Crippen LogP contribution is -2.41. The third-order valence-corrected chi connectivity index (χ3v) is 5.22. The van der Waals surface area contributed by atoms with Crippen LogP contribution in [0.15, 0.2) is 47.7 Å². The van der Waals surface area contributed by atoms with E-state index in [0.717, 1.165) is 43.7 Å². The molecule has 1 unspecified atom stereocenters. The van der Waals surface area contributed by atoms with Crippen LogP contribution in [0.3, 0.4) is 0 Å². The van der Waals surface area contributed by atoms with Crippen molar-refractivity contribution in [2.24, 2.45) is 4.99 Å². The Morgan fingerprint density at radius 3 is 2.96 bits per heavy atom. The first kappa shape index (κ1) is 19.4. The molecule has 1 aliphatic heterocycles. The van der Waals surface area contributed by atoms with E-state index in [4.69, 9.17) is 0 Å². The second-order valence-electron chi connectivity index (χ2n) is 7.21. The number of hydrogen-bond acceptors (Lipinski definition) is 3. The van der Waals surface area contributed by atoms with Gasteiger partial charge in [-0.05, 0) is 56.5 Å². The second kappa shape index (κ2) is 10.1. The molecule has 1 atom stereocenters. The Hall–Kier alpha value is -2.34. The molecule has 0 bridgehead atoms. The summed E-state index contributed by atoms with van der Waals surface area (Å²) in [6, 6.07) is 11.0. The maximum Gasteiger partial charge on any atom is 0.191 e. The van der Waals surface area contributed by atoms with Gasteiger partial charge in [0, 0.05) is 45.1 Å². The molecule has 146 valence electrons. The van der Waals surface area contributed by atoms with Gasteiger partial charge in [-0.15, -0.1) is 0 Å². The summed E-state index contributed by atoms with van der Waals surface area (Å²) in [5, 5.41) is 11.1. The van der Waals surface area contributed by atoms with Crippen molar-refractivity contribution in [2.75, 3.05) is 26.7 Å². The van der Waals surface area contributed by atoms with Crippen LogP contribution in [0.1, 0.15) is 38.2 Å². The van der Waals surface area contributed by atoms with Crippen molar-refractivity contribution >= 4 is 5.96 Å². The summed E-state index contributed by atoms with van der Waals surface area (Å²) in [5.41, 5.74) is 2.27. The van der Waals surface area contributed by atoms with Crippen molar-refractivity contribution < 1.29 is 0 Å². The number of hydrogen-bond donors (Lipinski definition) is 2. The average molecular weight is 369 g/mol. The number of aliphatic imine (C=N–C) groups is 1. The topological polar surface area (TPSA) is 57.5 Å². The highest BCUT2D eigenvalue weighted by Crippen LogP contribution is 2.16. The van der Waals surface area contributed by atoms with Gasteiger partial charge in [0.15, 0.2) is 5.96 Å². The summed E-state index contributed by atoms with van der Waals surface area (Å²) in [6.07, 6.45) is 8.96. The average Bonchev–Trinajstić information content (AvgIpc) is 3.24. The van der Waals surface area contributed by atoms with Crippen molar-refractivity contribution in [3.05, 3.63) is 48.3 Å². The van der Waals surface area contributed by atoms with Gasteiger partial charge in [-0.25, -0.2) is 4.68 Å². The molecule has 0 amide bonds. The lowest BCUT2D eigenvalue weighted by molar-refractivity contribution is 0.159. The first-order chi connectivity index (χ1) is 13.3. The zero-order valence-electron chi connectivity index (χ0n) is 16.6. The van der Waals surface area contributed by atoms with Gasteiger partial charge in [-0.2, -0.15) is 5.10 Å². The van der Waals surface area contributed by atoms with Gasteiger partial charge in [0.1, 0.15) is 0 Å². The van der Waals surface area contributed by atoms with Crippen molar-refractivity contribution in [1.29, 1.82) is 0 Å². The summed E-state index contributed by atoms with van der Waals surface area (Å²) >= 11 is 0. The molecule has 3 rings (SSSR count). The SMILES string of the molecule is CN=C(NCCCN1CCCCC1C)NCc1cccc(-n2cccn2)c1. The van der Waals surface area contributed by atoms with Crippen LogP contribution in [0, 0.1) is 0 Å². The van der Waals surface area contributed by atoms with E-state index >= 15 is 0 Å². The Labute approximate surface area is 162 Å². The minimum Gasteiger partial charge on any atom is -0.356 e. The van der Waals surface area contributed by atoms with Gasteiger partial charge in [0.05, 0.1) is 5.69 Å². The van der Waals surface area contributed by atoms with E-state index in [9.17, 15) is 0 Å². The number of aromatic nitrogens is 2. The molecule has 0 spiro atoms. The van der Waals surface area contributed by atoms with Crippen molar-refractivity contribution in [3.63, 3.8) is 0 Å². The predicted octanol–water partition coefficient (Wildman–Crippen LogP) is 2.80. The van der Waals surface area contributed by atoms with E-state index < -0.39 is 0 Å². The Morgan fingerprint density at radius 2 is 2.19 bits per heavy atom. The molecule has 2 aromatic rings. The van der Waals surface area contributed by atoms with Gasteiger partial charge in [0.2, 0.25) is 0 Å². The molecule has 27 heavy (non-hydrogen) atoms. The zero-order chi connectivity index (χ0) is 18.9. The normalized spacial score (nSPS) is 18.4. The minimum atomic E-state index is 0.734. The fraction of sp³-hybridized carbons (Fsp3) is 0.524. The summed E-state index contributed by atoms with van der Waals surface area (Å²) in [6.45, 7) is 6.44. The zero-order valence-corrected chi connectivity index (χ0v) is 16.6. The Balaban J connectivity index is 1.41. The summed E-state index contributed by atoms with van der Waals surface area (Å²) in [7, 11) is 1.82. The van der Waals surface area contributed by atoms with Gasteiger partial charge >= 0.3 is 0 Å². The molecule has 1 fully saturated rings. The van der Waals surface area contributed by atoms with Crippen molar-refractivity contribution in [2.45, 2.75) is 45.2 Å². The quantitative estimate of drug-likeness (QED) is 0.448. The molecule has 0 radical (unpaired) electrons. The molecular weight excluding hydrogens is 336 g/mol. The van der Waals surface area contributed by atoms with Crippen molar-refractivity contribution in [1.82, 2.24) is 25.3 Å². The maximum atomic E-state index is 4.34. The maximum absolute atomic E-state index is 4.34. The molecule has 1 saturated heterocycles. The number of likely N-dealkylation sites (tertiary alicyclic amines) is 1. The van der Waals surface area contributed by atoms with Crippen LogP contribution in [0.2, 0.25) is 0 Å². The largest absolute Gasteiger partial charge is 0.356 e. The predicted molar refractivity (Wildman–Crippen MR) is 111 cm³/mol. The first-order valence-electron chi connectivity index (χ1n) is 10.0. The van der Waals surface area contributed by atoms with E-state index in [1.807, 2.05) is 24.0 Å². The fourth-order valence-electron chi connectivity index (χ4n) is 3.62. The molecule has 6 heteroatoms. The Bertz CT molecular complexity index is 709. The highest BCUT2D eigenvalue weighted by atomic mass is 15.3. The van der Waals surface area contributed by atoms with Crippen LogP contribution in [-0.2, 0) is 6.54 Å². The molecular formula is C21H32N6. The minimum absolute atomic E-state index is 0.734. The van der Waals surface area contributed by atoms with E-state index in [-0.39, 0.29) is 0 Å². The molecule has 0 saturated carbocycles. The van der Waals surface area contributed by atoms with Gasteiger partial charge < -0.3 is 15.5 Å². The molecule has 2 N–H and O–H groups in total. The molecule has 2 heterocycles. The molecule has 1 aromatic carbocycles. The van der Waals surface area contributed by atoms with Crippen LogP contribution in [-0.4, -0.2) is 53.4 Å². The van der Waals surface area contributed by atoms with Crippen LogP contribution < -0.4 is 10.6 Å². The standard InChI is InChI=1S/C21H32N6/c1-18-8-3-4-13-26(18)14-6-11-23-21(22-2)24-17-19-9-5-10-20(16-19)27-15-7-12-25-27/h5,7,9-10,12,15-16,18H,3-4,6,8,11,13-14,17H2,1-2H3,(H2,22,23,24). The van der Waals surface area contributed by atoms with Gasteiger partial charge in [-0.1, -0.05) is 18.6 Å². The van der Waals surface area contributed by atoms with Gasteiger partial charge in [0.25, 0.3) is 0 Å². The van der Waals surface area contributed by atoms with E-state index in [1.54, 1.807) is 6.20 Å².